The van der Waals surface area contributed by atoms with E-state index >= 15 is 0 Å². The highest BCUT2D eigenvalue weighted by molar-refractivity contribution is 5.80. The van der Waals surface area contributed by atoms with Crippen LogP contribution in [0.3, 0.4) is 0 Å². The molecule has 5 nitrogen and oxygen atoms in total. The first-order valence-electron chi connectivity index (χ1n) is 4.78. The number of piperidine rings is 1. The molecule has 0 N–H and O–H groups in total. The Bertz CT molecular complexity index is 414. The maximum absolute atomic E-state index is 11.1. The number of nitrogens with zero attached hydrogens (tertiary/aromatic N) is 4. The molecular formula is C10H10N4O. The van der Waals surface area contributed by atoms with Crippen LogP contribution in [0.2, 0.25) is 0 Å². The van der Waals surface area contributed by atoms with E-state index in [1.54, 1.807) is 6.07 Å². The molecule has 0 bridgehead atoms. The van der Waals surface area contributed by atoms with Gasteiger partial charge < -0.3 is 4.90 Å². The van der Waals surface area contributed by atoms with Crippen LogP contribution in [0.5, 0.6) is 0 Å². The molecule has 1 aliphatic heterocycles. The molecule has 1 fully saturated rings. The van der Waals surface area contributed by atoms with Crippen LogP contribution >= 0.6 is 0 Å². The summed E-state index contributed by atoms with van der Waals surface area (Å²) >= 11 is 0. The topological polar surface area (TPSA) is 69.9 Å². The lowest BCUT2D eigenvalue weighted by molar-refractivity contribution is -0.119. The third-order valence-corrected chi connectivity index (χ3v) is 2.41. The van der Waals surface area contributed by atoms with Gasteiger partial charge in [0.25, 0.3) is 0 Å². The number of hydrogen-bond donors (Lipinski definition) is 0. The first-order valence-corrected chi connectivity index (χ1v) is 4.78. The fraction of sp³-hybridized carbons (Fsp3) is 0.400. The summed E-state index contributed by atoms with van der Waals surface area (Å²) in [6, 6.07) is 3.62. The third-order valence-electron chi connectivity index (χ3n) is 2.41. The minimum Gasteiger partial charge on any atom is -0.356 e. The molecular weight excluding hydrogens is 192 g/mol. The van der Waals surface area contributed by atoms with E-state index in [0.717, 1.165) is 5.82 Å². The molecule has 0 aliphatic carbocycles. The van der Waals surface area contributed by atoms with E-state index in [1.807, 2.05) is 11.0 Å². The second kappa shape index (κ2) is 4.05. The molecule has 0 spiro atoms. The van der Waals surface area contributed by atoms with E-state index in [1.165, 1.54) is 6.33 Å². The summed E-state index contributed by atoms with van der Waals surface area (Å²) in [5.41, 5.74) is 0.358. The molecule has 0 aromatic carbocycles. The van der Waals surface area contributed by atoms with E-state index in [2.05, 4.69) is 9.97 Å². The first-order chi connectivity index (χ1) is 7.29. The van der Waals surface area contributed by atoms with Crippen LogP contribution in [0, 0.1) is 11.3 Å². The van der Waals surface area contributed by atoms with E-state index < -0.39 is 0 Å². The normalized spacial score (nSPS) is 16.2. The van der Waals surface area contributed by atoms with Gasteiger partial charge in [-0.3, -0.25) is 4.79 Å². The van der Waals surface area contributed by atoms with Gasteiger partial charge in [-0.1, -0.05) is 0 Å². The maximum atomic E-state index is 11.1. The lowest BCUT2D eigenvalue weighted by Crippen LogP contribution is -2.34. The van der Waals surface area contributed by atoms with Crippen molar-refractivity contribution in [2.45, 2.75) is 12.8 Å². The Kier molecular flexibility index (Phi) is 2.59. The molecule has 1 aromatic heterocycles. The summed E-state index contributed by atoms with van der Waals surface area (Å²) in [4.78, 5) is 20.9. The summed E-state index contributed by atoms with van der Waals surface area (Å²) < 4.78 is 0. The van der Waals surface area contributed by atoms with Gasteiger partial charge in [-0.25, -0.2) is 9.97 Å². The van der Waals surface area contributed by atoms with Crippen LogP contribution in [0.15, 0.2) is 12.4 Å². The highest BCUT2D eigenvalue weighted by atomic mass is 16.1. The van der Waals surface area contributed by atoms with Gasteiger partial charge in [-0.05, 0) is 0 Å². The predicted molar refractivity (Wildman–Crippen MR) is 53.2 cm³/mol. The van der Waals surface area contributed by atoms with Crippen LogP contribution in [-0.2, 0) is 4.79 Å². The molecule has 0 saturated carbocycles. The molecule has 2 rings (SSSR count). The van der Waals surface area contributed by atoms with Crippen molar-refractivity contribution < 1.29 is 4.79 Å². The highest BCUT2D eigenvalue weighted by Crippen LogP contribution is 2.15. The first kappa shape index (κ1) is 9.59. The van der Waals surface area contributed by atoms with Gasteiger partial charge in [-0.2, -0.15) is 5.26 Å². The lowest BCUT2D eigenvalue weighted by Gasteiger charge is -2.26. The summed E-state index contributed by atoms with van der Waals surface area (Å²) in [7, 11) is 0. The molecule has 0 amide bonds. The standard InChI is InChI=1S/C10H10N4O/c11-6-8-5-10(13-7-12-8)14-3-1-9(15)2-4-14/h5,7H,1-4H2. The van der Waals surface area contributed by atoms with E-state index in [9.17, 15) is 4.79 Å². The third kappa shape index (κ3) is 2.10. The Hall–Kier alpha value is -1.96. The zero-order valence-corrected chi connectivity index (χ0v) is 8.18. The van der Waals surface area contributed by atoms with E-state index in [-0.39, 0.29) is 0 Å². The molecule has 0 atom stereocenters. The Morgan fingerprint density at radius 3 is 2.73 bits per heavy atom. The number of carbonyl (C=O) groups excluding carboxylic acids is 1. The van der Waals surface area contributed by atoms with Crippen molar-refractivity contribution in [1.82, 2.24) is 9.97 Å². The second-order valence-corrected chi connectivity index (χ2v) is 3.40. The minimum absolute atomic E-state index is 0.292. The monoisotopic (exact) mass is 202 g/mol. The highest BCUT2D eigenvalue weighted by Gasteiger charge is 2.17. The van der Waals surface area contributed by atoms with Crippen LogP contribution < -0.4 is 4.90 Å². The summed E-state index contributed by atoms with van der Waals surface area (Å²) in [6.45, 7) is 1.36. The van der Waals surface area contributed by atoms with Crippen molar-refractivity contribution in [2.75, 3.05) is 18.0 Å². The Balaban J connectivity index is 2.16. The average Bonchev–Trinajstić information content (AvgIpc) is 2.30. The van der Waals surface area contributed by atoms with Gasteiger partial charge >= 0.3 is 0 Å². The lowest BCUT2D eigenvalue weighted by atomic mass is 10.1. The summed E-state index contributed by atoms with van der Waals surface area (Å²) in [6.07, 6.45) is 2.50. The number of anilines is 1. The zero-order valence-electron chi connectivity index (χ0n) is 8.18. The molecule has 0 radical (unpaired) electrons. The van der Waals surface area contributed by atoms with Gasteiger partial charge in [0.2, 0.25) is 0 Å². The number of aromatic nitrogens is 2. The van der Waals surface area contributed by atoms with Gasteiger partial charge in [0.15, 0.2) is 0 Å². The minimum atomic E-state index is 0.292. The van der Waals surface area contributed by atoms with Crippen molar-refractivity contribution in [3.63, 3.8) is 0 Å². The van der Waals surface area contributed by atoms with Crippen molar-refractivity contribution in [2.24, 2.45) is 0 Å². The maximum Gasteiger partial charge on any atom is 0.145 e. The largest absolute Gasteiger partial charge is 0.356 e. The van der Waals surface area contributed by atoms with Crippen LogP contribution in [0.25, 0.3) is 0 Å². The molecule has 76 valence electrons. The molecule has 1 saturated heterocycles. The van der Waals surface area contributed by atoms with Crippen molar-refractivity contribution >= 4 is 11.6 Å². The van der Waals surface area contributed by atoms with Crippen molar-refractivity contribution in [3.8, 4) is 6.07 Å². The Morgan fingerprint density at radius 1 is 1.33 bits per heavy atom. The van der Waals surface area contributed by atoms with Gasteiger partial charge in [0.05, 0.1) is 0 Å². The van der Waals surface area contributed by atoms with Crippen molar-refractivity contribution in [3.05, 3.63) is 18.1 Å². The predicted octanol–water partition coefficient (Wildman–Crippen LogP) is 0.518. The van der Waals surface area contributed by atoms with E-state index in [4.69, 9.17) is 5.26 Å². The Morgan fingerprint density at radius 2 is 2.07 bits per heavy atom. The quantitative estimate of drug-likeness (QED) is 0.663. The Labute approximate surface area is 87.4 Å². The zero-order chi connectivity index (χ0) is 10.7. The number of hydrogen-bond acceptors (Lipinski definition) is 5. The smallest absolute Gasteiger partial charge is 0.145 e. The summed E-state index contributed by atoms with van der Waals surface area (Å²) in [5, 5.41) is 8.69. The molecule has 5 heteroatoms. The molecule has 2 heterocycles. The molecule has 0 unspecified atom stereocenters. The van der Waals surface area contributed by atoms with E-state index in [0.29, 0.717) is 37.4 Å². The number of ketones is 1. The van der Waals surface area contributed by atoms with Crippen LogP contribution in [0.4, 0.5) is 5.82 Å². The second-order valence-electron chi connectivity index (χ2n) is 3.40. The van der Waals surface area contributed by atoms with Gasteiger partial charge in [0.1, 0.15) is 29.7 Å². The fourth-order valence-electron chi connectivity index (χ4n) is 1.57. The molecule has 15 heavy (non-hydrogen) atoms. The summed E-state index contributed by atoms with van der Waals surface area (Å²) in [5.74, 6) is 1.02. The fourth-order valence-corrected chi connectivity index (χ4v) is 1.57. The number of rotatable bonds is 1. The average molecular weight is 202 g/mol. The molecule has 1 aliphatic rings. The van der Waals surface area contributed by atoms with Crippen molar-refractivity contribution in [1.29, 1.82) is 5.26 Å². The van der Waals surface area contributed by atoms with Crippen LogP contribution in [0.1, 0.15) is 18.5 Å². The van der Waals surface area contributed by atoms with Gasteiger partial charge in [-0.15, -0.1) is 0 Å². The SMILES string of the molecule is N#Cc1cc(N2CCC(=O)CC2)ncn1. The molecule has 1 aromatic rings. The van der Waals surface area contributed by atoms with Gasteiger partial charge in [0, 0.05) is 32.0 Å². The number of carbonyl (C=O) groups is 1. The number of Topliss-reactive ketones (excluding diaryl/α,β-unsaturated/α-hetero) is 1. The van der Waals surface area contributed by atoms with Crippen LogP contribution in [-0.4, -0.2) is 28.8 Å². The number of nitriles is 1.